The van der Waals surface area contributed by atoms with E-state index in [1.807, 2.05) is 0 Å². The van der Waals surface area contributed by atoms with E-state index in [0.29, 0.717) is 0 Å². The minimum Gasteiger partial charge on any atom is -0.0654 e. The summed E-state index contributed by atoms with van der Waals surface area (Å²) in [5.74, 6) is 2.76. The Bertz CT molecular complexity index is 126. The normalized spacial score (nSPS) is 15.6. The van der Waals surface area contributed by atoms with Gasteiger partial charge in [0.2, 0.25) is 0 Å². The standard InChI is InChI=1S/C15H32/c1-6-8-9-10-12-15(13(3)4)14(5)11-7-2/h13-15H,6-12H2,1-5H3. The van der Waals surface area contributed by atoms with E-state index in [-0.39, 0.29) is 0 Å². The van der Waals surface area contributed by atoms with Gasteiger partial charge in [0.05, 0.1) is 0 Å². The van der Waals surface area contributed by atoms with Crippen LogP contribution in [0, 0.1) is 17.8 Å². The molecular formula is C15H32. The first kappa shape index (κ1) is 15.0. The Hall–Kier alpha value is 0. The van der Waals surface area contributed by atoms with E-state index in [0.717, 1.165) is 17.8 Å². The number of rotatable bonds is 9. The average Bonchev–Trinajstić information content (AvgIpc) is 2.17. The van der Waals surface area contributed by atoms with Crippen LogP contribution in [0.15, 0.2) is 0 Å². The fourth-order valence-electron chi connectivity index (χ4n) is 2.75. The minimum atomic E-state index is 0.869. The average molecular weight is 212 g/mol. The topological polar surface area (TPSA) is 0 Å². The summed E-state index contributed by atoms with van der Waals surface area (Å²) in [6.07, 6.45) is 9.89. The van der Waals surface area contributed by atoms with Gasteiger partial charge in [-0.2, -0.15) is 0 Å². The van der Waals surface area contributed by atoms with Crippen LogP contribution in [-0.4, -0.2) is 0 Å². The summed E-state index contributed by atoms with van der Waals surface area (Å²) < 4.78 is 0. The molecule has 0 fully saturated rings. The summed E-state index contributed by atoms with van der Waals surface area (Å²) in [5, 5.41) is 0. The molecule has 0 aromatic heterocycles. The molecule has 0 saturated heterocycles. The van der Waals surface area contributed by atoms with Crippen LogP contribution in [0.3, 0.4) is 0 Å². The Balaban J connectivity index is 3.82. The predicted molar refractivity (Wildman–Crippen MR) is 71.2 cm³/mol. The summed E-state index contributed by atoms with van der Waals surface area (Å²) in [5.41, 5.74) is 0. The third-order valence-electron chi connectivity index (χ3n) is 3.72. The third kappa shape index (κ3) is 6.98. The molecule has 0 aromatic rings. The first-order valence-corrected chi connectivity index (χ1v) is 7.13. The Labute approximate surface area is 97.8 Å². The fourth-order valence-corrected chi connectivity index (χ4v) is 2.75. The van der Waals surface area contributed by atoms with Crippen molar-refractivity contribution < 1.29 is 0 Å². The lowest BCUT2D eigenvalue weighted by Crippen LogP contribution is -2.17. The maximum absolute atomic E-state index is 2.45. The molecule has 0 saturated carbocycles. The Kier molecular flexibility index (Phi) is 9.24. The van der Waals surface area contributed by atoms with Gasteiger partial charge >= 0.3 is 0 Å². The van der Waals surface area contributed by atoms with Gasteiger partial charge in [0.15, 0.2) is 0 Å². The second-order valence-corrected chi connectivity index (χ2v) is 5.52. The molecule has 0 rings (SSSR count). The van der Waals surface area contributed by atoms with E-state index in [4.69, 9.17) is 0 Å². The molecule has 0 aliphatic heterocycles. The second kappa shape index (κ2) is 9.24. The molecule has 0 bridgehead atoms. The van der Waals surface area contributed by atoms with Gasteiger partial charge in [0.25, 0.3) is 0 Å². The van der Waals surface area contributed by atoms with Crippen LogP contribution in [0.4, 0.5) is 0 Å². The van der Waals surface area contributed by atoms with E-state index >= 15 is 0 Å². The molecule has 2 unspecified atom stereocenters. The zero-order valence-corrected chi connectivity index (χ0v) is 11.7. The maximum atomic E-state index is 2.45. The highest BCUT2D eigenvalue weighted by Crippen LogP contribution is 2.29. The van der Waals surface area contributed by atoms with Crippen molar-refractivity contribution in [2.45, 2.75) is 79.6 Å². The van der Waals surface area contributed by atoms with Crippen LogP contribution in [-0.2, 0) is 0 Å². The Morgan fingerprint density at radius 3 is 1.87 bits per heavy atom. The van der Waals surface area contributed by atoms with Crippen molar-refractivity contribution in [3.63, 3.8) is 0 Å². The fraction of sp³-hybridized carbons (Fsp3) is 1.00. The summed E-state index contributed by atoms with van der Waals surface area (Å²) in [6, 6.07) is 0. The predicted octanol–water partition coefficient (Wildman–Crippen LogP) is 5.67. The number of unbranched alkanes of at least 4 members (excludes halogenated alkanes) is 3. The molecule has 92 valence electrons. The molecular weight excluding hydrogens is 180 g/mol. The van der Waals surface area contributed by atoms with E-state index in [2.05, 4.69) is 34.6 Å². The summed E-state index contributed by atoms with van der Waals surface area (Å²) in [4.78, 5) is 0. The zero-order valence-electron chi connectivity index (χ0n) is 11.7. The van der Waals surface area contributed by atoms with Crippen molar-refractivity contribution >= 4 is 0 Å². The van der Waals surface area contributed by atoms with Gasteiger partial charge in [-0.05, 0) is 24.2 Å². The highest BCUT2D eigenvalue weighted by atomic mass is 14.2. The van der Waals surface area contributed by atoms with Crippen molar-refractivity contribution in [2.75, 3.05) is 0 Å². The molecule has 0 aliphatic carbocycles. The maximum Gasteiger partial charge on any atom is -0.0365 e. The SMILES string of the molecule is CCCCCCC(C(C)C)C(C)CCC. The smallest absolute Gasteiger partial charge is 0.0365 e. The molecule has 0 heteroatoms. The van der Waals surface area contributed by atoms with Crippen molar-refractivity contribution in [3.8, 4) is 0 Å². The molecule has 0 aromatic carbocycles. The van der Waals surface area contributed by atoms with Crippen molar-refractivity contribution in [2.24, 2.45) is 17.8 Å². The Morgan fingerprint density at radius 1 is 0.733 bits per heavy atom. The molecule has 0 radical (unpaired) electrons. The minimum absolute atomic E-state index is 0.869. The van der Waals surface area contributed by atoms with Gasteiger partial charge in [0, 0.05) is 0 Å². The number of hydrogen-bond donors (Lipinski definition) is 0. The van der Waals surface area contributed by atoms with Crippen molar-refractivity contribution in [3.05, 3.63) is 0 Å². The van der Waals surface area contributed by atoms with E-state index < -0.39 is 0 Å². The lowest BCUT2D eigenvalue weighted by Gasteiger charge is -2.27. The highest BCUT2D eigenvalue weighted by molar-refractivity contribution is 4.69. The van der Waals surface area contributed by atoms with E-state index in [1.165, 1.54) is 44.9 Å². The summed E-state index contributed by atoms with van der Waals surface area (Å²) >= 11 is 0. The largest absolute Gasteiger partial charge is 0.0654 e. The van der Waals surface area contributed by atoms with Gasteiger partial charge in [-0.25, -0.2) is 0 Å². The molecule has 0 spiro atoms. The lowest BCUT2D eigenvalue weighted by atomic mass is 9.79. The second-order valence-electron chi connectivity index (χ2n) is 5.52. The third-order valence-corrected chi connectivity index (χ3v) is 3.72. The Morgan fingerprint density at radius 2 is 1.40 bits per heavy atom. The van der Waals surface area contributed by atoms with Gasteiger partial charge in [-0.1, -0.05) is 73.1 Å². The van der Waals surface area contributed by atoms with Crippen molar-refractivity contribution in [1.82, 2.24) is 0 Å². The van der Waals surface area contributed by atoms with Crippen LogP contribution < -0.4 is 0 Å². The first-order valence-electron chi connectivity index (χ1n) is 7.13. The number of hydrogen-bond acceptors (Lipinski definition) is 0. The van der Waals surface area contributed by atoms with Gasteiger partial charge < -0.3 is 0 Å². The van der Waals surface area contributed by atoms with Crippen LogP contribution >= 0.6 is 0 Å². The quantitative estimate of drug-likeness (QED) is 0.432. The van der Waals surface area contributed by atoms with E-state index in [9.17, 15) is 0 Å². The van der Waals surface area contributed by atoms with Crippen LogP contribution in [0.25, 0.3) is 0 Å². The van der Waals surface area contributed by atoms with Crippen LogP contribution in [0.2, 0.25) is 0 Å². The molecule has 0 aliphatic rings. The molecule has 15 heavy (non-hydrogen) atoms. The first-order chi connectivity index (χ1) is 7.13. The zero-order chi connectivity index (χ0) is 11.7. The summed E-state index contributed by atoms with van der Waals surface area (Å²) in [6.45, 7) is 11.9. The summed E-state index contributed by atoms with van der Waals surface area (Å²) in [7, 11) is 0. The molecule has 0 nitrogen and oxygen atoms in total. The monoisotopic (exact) mass is 212 g/mol. The van der Waals surface area contributed by atoms with Gasteiger partial charge in [-0.3, -0.25) is 0 Å². The molecule has 0 amide bonds. The van der Waals surface area contributed by atoms with Crippen LogP contribution in [0.5, 0.6) is 0 Å². The molecule has 2 atom stereocenters. The van der Waals surface area contributed by atoms with Gasteiger partial charge in [0.1, 0.15) is 0 Å². The van der Waals surface area contributed by atoms with Gasteiger partial charge in [-0.15, -0.1) is 0 Å². The lowest BCUT2D eigenvalue weighted by molar-refractivity contribution is 0.233. The van der Waals surface area contributed by atoms with Crippen molar-refractivity contribution in [1.29, 1.82) is 0 Å². The highest BCUT2D eigenvalue weighted by Gasteiger charge is 2.19. The van der Waals surface area contributed by atoms with Crippen LogP contribution in [0.1, 0.15) is 79.6 Å². The molecule has 0 heterocycles. The van der Waals surface area contributed by atoms with E-state index in [1.54, 1.807) is 0 Å². The molecule has 0 N–H and O–H groups in total.